The lowest BCUT2D eigenvalue weighted by Gasteiger charge is -2.36. The first-order chi connectivity index (χ1) is 9.50. The van der Waals surface area contributed by atoms with Crippen LogP contribution in [0.15, 0.2) is 18.2 Å². The van der Waals surface area contributed by atoms with Crippen molar-refractivity contribution in [3.63, 3.8) is 0 Å². The molecule has 2 atom stereocenters. The largest absolute Gasteiger partial charge is 0.496 e. The van der Waals surface area contributed by atoms with Gasteiger partial charge >= 0.3 is 0 Å². The summed E-state index contributed by atoms with van der Waals surface area (Å²) in [4.78, 5) is 0. The maximum Gasteiger partial charge on any atom is 0.122 e. The predicted octanol–water partition coefficient (Wildman–Crippen LogP) is 3.68. The first-order valence-corrected chi connectivity index (χ1v) is 7.49. The molecule has 1 rings (SSSR count). The van der Waals surface area contributed by atoms with Gasteiger partial charge in [0.2, 0.25) is 0 Å². The molecular weight excluding hydrogens is 274 g/mol. The van der Waals surface area contributed by atoms with Crippen LogP contribution in [0, 0.1) is 0 Å². The van der Waals surface area contributed by atoms with Crippen LogP contribution in [0.3, 0.4) is 0 Å². The van der Waals surface area contributed by atoms with Crippen molar-refractivity contribution in [3.05, 3.63) is 28.8 Å². The lowest BCUT2D eigenvalue weighted by molar-refractivity contribution is -0.0284. The maximum atomic E-state index is 6.11. The number of hydrogen-bond acceptors (Lipinski definition) is 3. The molecule has 20 heavy (non-hydrogen) atoms. The Balaban J connectivity index is 3.04. The average molecular weight is 300 g/mol. The minimum absolute atomic E-state index is 0.204. The van der Waals surface area contributed by atoms with Gasteiger partial charge in [0.15, 0.2) is 0 Å². The summed E-state index contributed by atoms with van der Waals surface area (Å²) in [6.45, 7) is 7.28. The summed E-state index contributed by atoms with van der Waals surface area (Å²) in [5, 5.41) is 4.25. The molecule has 0 spiro atoms. The Morgan fingerprint density at radius 1 is 1.30 bits per heavy atom. The molecule has 4 heteroatoms. The number of likely N-dealkylation sites (N-methyl/N-ethyl adjacent to an activating group) is 1. The summed E-state index contributed by atoms with van der Waals surface area (Å²) in [7, 11) is 3.45. The molecule has 0 aliphatic rings. The summed E-state index contributed by atoms with van der Waals surface area (Å²) >= 11 is 6.11. The molecule has 3 nitrogen and oxygen atoms in total. The van der Waals surface area contributed by atoms with Gasteiger partial charge in [-0.1, -0.05) is 25.4 Å². The van der Waals surface area contributed by atoms with Gasteiger partial charge in [0, 0.05) is 18.2 Å². The molecule has 114 valence electrons. The van der Waals surface area contributed by atoms with Crippen LogP contribution in [0.4, 0.5) is 0 Å². The number of ether oxygens (including phenoxy) is 2. The SMILES string of the molecule is CCNC(Cc1cc(Cl)ccc1OC)C(C)(CC)OC. The third-order valence-electron chi connectivity index (χ3n) is 4.02. The number of hydrogen-bond donors (Lipinski definition) is 1. The van der Waals surface area contributed by atoms with E-state index in [1.807, 2.05) is 18.2 Å². The van der Waals surface area contributed by atoms with E-state index in [9.17, 15) is 0 Å². The normalized spacial score (nSPS) is 15.7. The van der Waals surface area contributed by atoms with E-state index in [2.05, 4.69) is 26.1 Å². The van der Waals surface area contributed by atoms with E-state index in [0.717, 1.165) is 35.7 Å². The van der Waals surface area contributed by atoms with Gasteiger partial charge < -0.3 is 14.8 Å². The minimum atomic E-state index is -0.219. The van der Waals surface area contributed by atoms with Crippen LogP contribution in [0.25, 0.3) is 0 Å². The number of rotatable bonds is 8. The van der Waals surface area contributed by atoms with Crippen molar-refractivity contribution in [1.82, 2.24) is 5.32 Å². The molecular formula is C16H26ClNO2. The molecule has 0 bridgehead atoms. The zero-order valence-corrected chi connectivity index (χ0v) is 13.9. The van der Waals surface area contributed by atoms with Gasteiger partial charge in [0.05, 0.1) is 12.7 Å². The third kappa shape index (κ3) is 4.11. The fraction of sp³-hybridized carbons (Fsp3) is 0.625. The maximum absolute atomic E-state index is 6.11. The van der Waals surface area contributed by atoms with Gasteiger partial charge in [-0.05, 0) is 50.1 Å². The molecule has 1 aromatic carbocycles. The Bertz CT molecular complexity index is 419. The quantitative estimate of drug-likeness (QED) is 0.794. The Labute approximate surface area is 127 Å². The minimum Gasteiger partial charge on any atom is -0.496 e. The summed E-state index contributed by atoms with van der Waals surface area (Å²) in [5.74, 6) is 0.867. The van der Waals surface area contributed by atoms with Gasteiger partial charge in [-0.3, -0.25) is 0 Å². The van der Waals surface area contributed by atoms with Gasteiger partial charge in [0.1, 0.15) is 5.75 Å². The fourth-order valence-electron chi connectivity index (χ4n) is 2.41. The average Bonchev–Trinajstić information content (AvgIpc) is 2.46. The highest BCUT2D eigenvalue weighted by molar-refractivity contribution is 6.30. The Morgan fingerprint density at radius 3 is 2.50 bits per heavy atom. The van der Waals surface area contributed by atoms with Crippen LogP contribution in [-0.4, -0.2) is 32.4 Å². The van der Waals surface area contributed by atoms with E-state index in [1.165, 1.54) is 0 Å². The number of nitrogens with one attached hydrogen (secondary N) is 1. The van der Waals surface area contributed by atoms with E-state index >= 15 is 0 Å². The molecule has 0 heterocycles. The van der Waals surface area contributed by atoms with Gasteiger partial charge in [-0.25, -0.2) is 0 Å². The summed E-state index contributed by atoms with van der Waals surface area (Å²) in [6.07, 6.45) is 1.75. The lowest BCUT2D eigenvalue weighted by Crippen LogP contribution is -2.51. The molecule has 2 unspecified atom stereocenters. The molecule has 1 N–H and O–H groups in total. The highest BCUT2D eigenvalue weighted by atomic mass is 35.5. The van der Waals surface area contributed by atoms with Crippen LogP contribution < -0.4 is 10.1 Å². The monoisotopic (exact) mass is 299 g/mol. The Kier molecular flexibility index (Phi) is 6.80. The van der Waals surface area contributed by atoms with Crippen LogP contribution in [0.1, 0.15) is 32.8 Å². The van der Waals surface area contributed by atoms with E-state index in [0.29, 0.717) is 0 Å². The fourth-order valence-corrected chi connectivity index (χ4v) is 2.60. The second-order valence-electron chi connectivity index (χ2n) is 5.14. The smallest absolute Gasteiger partial charge is 0.122 e. The molecule has 0 radical (unpaired) electrons. The lowest BCUT2D eigenvalue weighted by atomic mass is 9.88. The van der Waals surface area contributed by atoms with Crippen molar-refractivity contribution in [2.75, 3.05) is 20.8 Å². The van der Waals surface area contributed by atoms with Gasteiger partial charge in [-0.15, -0.1) is 0 Å². The number of halogens is 1. The molecule has 1 aromatic rings. The predicted molar refractivity (Wildman–Crippen MR) is 84.9 cm³/mol. The molecule has 0 aliphatic carbocycles. The van der Waals surface area contributed by atoms with Crippen molar-refractivity contribution in [2.24, 2.45) is 0 Å². The van der Waals surface area contributed by atoms with Crippen molar-refractivity contribution in [3.8, 4) is 5.75 Å². The van der Waals surface area contributed by atoms with Crippen molar-refractivity contribution in [2.45, 2.75) is 45.3 Å². The molecule has 0 saturated carbocycles. The second-order valence-corrected chi connectivity index (χ2v) is 5.58. The second kappa shape index (κ2) is 7.87. The Morgan fingerprint density at radius 2 is 2.00 bits per heavy atom. The summed E-state index contributed by atoms with van der Waals surface area (Å²) in [6, 6.07) is 5.93. The van der Waals surface area contributed by atoms with Crippen molar-refractivity contribution < 1.29 is 9.47 Å². The zero-order valence-electron chi connectivity index (χ0n) is 13.1. The van der Waals surface area contributed by atoms with E-state index in [4.69, 9.17) is 21.1 Å². The van der Waals surface area contributed by atoms with Crippen molar-refractivity contribution in [1.29, 1.82) is 0 Å². The summed E-state index contributed by atoms with van der Waals surface area (Å²) < 4.78 is 11.2. The van der Waals surface area contributed by atoms with Gasteiger partial charge in [0.25, 0.3) is 0 Å². The highest BCUT2D eigenvalue weighted by Crippen LogP contribution is 2.28. The van der Waals surface area contributed by atoms with E-state index in [1.54, 1.807) is 14.2 Å². The Hall–Kier alpha value is -0.770. The topological polar surface area (TPSA) is 30.5 Å². The van der Waals surface area contributed by atoms with Crippen LogP contribution in [-0.2, 0) is 11.2 Å². The number of benzene rings is 1. The first kappa shape index (κ1) is 17.3. The highest BCUT2D eigenvalue weighted by Gasteiger charge is 2.32. The third-order valence-corrected chi connectivity index (χ3v) is 4.26. The van der Waals surface area contributed by atoms with Gasteiger partial charge in [-0.2, -0.15) is 0 Å². The molecule has 0 amide bonds. The standard InChI is InChI=1S/C16H26ClNO2/c1-6-16(3,20-5)15(18-7-2)11-12-10-13(17)8-9-14(12)19-4/h8-10,15,18H,6-7,11H2,1-5H3. The van der Waals surface area contributed by atoms with Crippen LogP contribution in [0.2, 0.25) is 5.02 Å². The van der Waals surface area contributed by atoms with E-state index < -0.39 is 0 Å². The summed E-state index contributed by atoms with van der Waals surface area (Å²) in [5.41, 5.74) is 0.881. The van der Waals surface area contributed by atoms with E-state index in [-0.39, 0.29) is 11.6 Å². The molecule has 0 aliphatic heterocycles. The zero-order chi connectivity index (χ0) is 15.2. The van der Waals surface area contributed by atoms with Crippen LogP contribution in [0.5, 0.6) is 5.75 Å². The molecule has 0 fully saturated rings. The van der Waals surface area contributed by atoms with Crippen LogP contribution >= 0.6 is 11.6 Å². The first-order valence-electron chi connectivity index (χ1n) is 7.11. The molecule has 0 saturated heterocycles. The number of methoxy groups -OCH3 is 2. The molecule has 0 aromatic heterocycles. The van der Waals surface area contributed by atoms with Crippen molar-refractivity contribution >= 4 is 11.6 Å².